The van der Waals surface area contributed by atoms with Crippen molar-refractivity contribution in [2.45, 2.75) is 26.7 Å². The van der Waals surface area contributed by atoms with E-state index in [-0.39, 0.29) is 5.97 Å². The van der Waals surface area contributed by atoms with Gasteiger partial charge >= 0.3 is 5.97 Å². The van der Waals surface area contributed by atoms with Crippen LogP contribution in [-0.2, 0) is 16.0 Å². The number of hydrogen-bond acceptors (Lipinski definition) is 4. The number of nitrogens with one attached hydrogen (secondary N) is 1. The SMILES string of the molecule is COC(=O)C(C)(C)CNc1ccc2c(c1)CCCO2. The van der Waals surface area contributed by atoms with Crippen LogP contribution in [0.3, 0.4) is 0 Å². The Balaban J connectivity index is 2.02. The Hall–Kier alpha value is -1.71. The number of benzene rings is 1. The molecule has 104 valence electrons. The third-order valence-corrected chi connectivity index (χ3v) is 3.38. The fraction of sp³-hybridized carbons (Fsp3) is 0.533. The molecule has 0 amide bonds. The van der Waals surface area contributed by atoms with Gasteiger partial charge in [0.1, 0.15) is 5.75 Å². The molecular formula is C15H21NO3. The van der Waals surface area contributed by atoms with E-state index in [4.69, 9.17) is 9.47 Å². The predicted octanol–water partition coefficient (Wildman–Crippen LogP) is 2.62. The van der Waals surface area contributed by atoms with Crippen LogP contribution in [0.5, 0.6) is 5.75 Å². The van der Waals surface area contributed by atoms with Gasteiger partial charge in [-0.2, -0.15) is 0 Å². The molecule has 1 aromatic carbocycles. The molecule has 2 rings (SSSR count). The van der Waals surface area contributed by atoms with Gasteiger partial charge in [-0.05, 0) is 50.5 Å². The predicted molar refractivity (Wildman–Crippen MR) is 74.5 cm³/mol. The molecule has 19 heavy (non-hydrogen) atoms. The van der Waals surface area contributed by atoms with Crippen LogP contribution in [-0.4, -0.2) is 26.2 Å². The monoisotopic (exact) mass is 263 g/mol. The van der Waals surface area contributed by atoms with Gasteiger partial charge in [0.25, 0.3) is 0 Å². The highest BCUT2D eigenvalue weighted by atomic mass is 16.5. The Labute approximate surface area is 114 Å². The minimum Gasteiger partial charge on any atom is -0.493 e. The molecule has 0 unspecified atom stereocenters. The highest BCUT2D eigenvalue weighted by Gasteiger charge is 2.28. The van der Waals surface area contributed by atoms with E-state index < -0.39 is 5.41 Å². The summed E-state index contributed by atoms with van der Waals surface area (Å²) in [5.41, 5.74) is 1.70. The number of methoxy groups -OCH3 is 1. The summed E-state index contributed by atoms with van der Waals surface area (Å²) in [5.74, 6) is 0.769. The van der Waals surface area contributed by atoms with Gasteiger partial charge in [-0.1, -0.05) is 0 Å². The summed E-state index contributed by atoms with van der Waals surface area (Å²) in [7, 11) is 1.42. The van der Waals surface area contributed by atoms with Crippen molar-refractivity contribution < 1.29 is 14.3 Å². The zero-order valence-corrected chi connectivity index (χ0v) is 11.8. The molecule has 1 N–H and O–H groups in total. The summed E-state index contributed by atoms with van der Waals surface area (Å²) in [4.78, 5) is 11.6. The molecule has 1 heterocycles. The molecule has 0 saturated carbocycles. The fourth-order valence-corrected chi connectivity index (χ4v) is 2.14. The van der Waals surface area contributed by atoms with Crippen molar-refractivity contribution in [3.63, 3.8) is 0 Å². The topological polar surface area (TPSA) is 47.6 Å². The van der Waals surface area contributed by atoms with Crippen LogP contribution in [0.1, 0.15) is 25.8 Å². The Morgan fingerprint density at radius 2 is 2.26 bits per heavy atom. The molecule has 1 aromatic rings. The molecule has 0 aromatic heterocycles. The summed E-state index contributed by atoms with van der Waals surface area (Å²) in [5, 5.41) is 3.29. The van der Waals surface area contributed by atoms with Crippen molar-refractivity contribution in [2.75, 3.05) is 25.6 Å². The van der Waals surface area contributed by atoms with E-state index in [2.05, 4.69) is 11.4 Å². The largest absolute Gasteiger partial charge is 0.493 e. The van der Waals surface area contributed by atoms with Gasteiger partial charge in [0.05, 0.1) is 19.1 Å². The minimum absolute atomic E-state index is 0.207. The molecule has 0 atom stereocenters. The molecule has 0 bridgehead atoms. The van der Waals surface area contributed by atoms with Crippen molar-refractivity contribution in [1.82, 2.24) is 0 Å². The number of rotatable bonds is 4. The second-order valence-electron chi connectivity index (χ2n) is 5.50. The Morgan fingerprint density at radius 3 is 3.00 bits per heavy atom. The molecule has 0 spiro atoms. The summed E-state index contributed by atoms with van der Waals surface area (Å²) < 4.78 is 10.4. The molecule has 0 fully saturated rings. The lowest BCUT2D eigenvalue weighted by Gasteiger charge is -2.23. The highest BCUT2D eigenvalue weighted by molar-refractivity contribution is 5.76. The average Bonchev–Trinajstić information content (AvgIpc) is 2.44. The quantitative estimate of drug-likeness (QED) is 0.848. The van der Waals surface area contributed by atoms with Gasteiger partial charge in [-0.25, -0.2) is 0 Å². The van der Waals surface area contributed by atoms with Crippen molar-refractivity contribution in [1.29, 1.82) is 0 Å². The number of carbonyl (C=O) groups is 1. The standard InChI is InChI=1S/C15H21NO3/c1-15(2,14(17)18-3)10-16-12-6-7-13-11(9-12)5-4-8-19-13/h6-7,9,16H,4-5,8,10H2,1-3H3. The number of fused-ring (bicyclic) bond motifs is 1. The van der Waals surface area contributed by atoms with Crippen molar-refractivity contribution in [2.24, 2.45) is 5.41 Å². The van der Waals surface area contributed by atoms with Crippen LogP contribution in [0, 0.1) is 5.41 Å². The van der Waals surface area contributed by atoms with Crippen molar-refractivity contribution >= 4 is 11.7 Å². The molecular weight excluding hydrogens is 242 g/mol. The highest BCUT2D eigenvalue weighted by Crippen LogP contribution is 2.28. The van der Waals surface area contributed by atoms with E-state index in [1.807, 2.05) is 26.0 Å². The fourth-order valence-electron chi connectivity index (χ4n) is 2.14. The number of esters is 1. The Bertz CT molecular complexity index is 468. The lowest BCUT2D eigenvalue weighted by atomic mass is 9.93. The van der Waals surface area contributed by atoms with Crippen LogP contribution in [0.4, 0.5) is 5.69 Å². The second-order valence-corrected chi connectivity index (χ2v) is 5.50. The maximum atomic E-state index is 11.6. The van der Waals surface area contributed by atoms with Gasteiger partial charge < -0.3 is 14.8 Å². The number of anilines is 1. The molecule has 0 aliphatic carbocycles. The van der Waals surface area contributed by atoms with Gasteiger partial charge in [-0.3, -0.25) is 4.79 Å². The smallest absolute Gasteiger partial charge is 0.313 e. The van der Waals surface area contributed by atoms with E-state index in [1.165, 1.54) is 12.7 Å². The number of carbonyl (C=O) groups excluding carboxylic acids is 1. The zero-order valence-electron chi connectivity index (χ0n) is 11.8. The lowest BCUT2D eigenvalue weighted by Crippen LogP contribution is -2.33. The van der Waals surface area contributed by atoms with Gasteiger partial charge in [0.2, 0.25) is 0 Å². The normalized spacial score (nSPS) is 14.3. The zero-order chi connectivity index (χ0) is 13.9. The molecule has 1 aliphatic heterocycles. The van der Waals surface area contributed by atoms with E-state index >= 15 is 0 Å². The van der Waals surface area contributed by atoms with Crippen LogP contribution >= 0.6 is 0 Å². The van der Waals surface area contributed by atoms with E-state index in [0.717, 1.165) is 30.9 Å². The Morgan fingerprint density at radius 1 is 1.47 bits per heavy atom. The van der Waals surface area contributed by atoms with Gasteiger partial charge in [0.15, 0.2) is 0 Å². The maximum absolute atomic E-state index is 11.6. The van der Waals surface area contributed by atoms with Gasteiger partial charge in [0, 0.05) is 12.2 Å². The third-order valence-electron chi connectivity index (χ3n) is 3.38. The number of ether oxygens (including phenoxy) is 2. The van der Waals surface area contributed by atoms with Crippen molar-refractivity contribution in [3.8, 4) is 5.75 Å². The first-order valence-corrected chi connectivity index (χ1v) is 6.61. The first kappa shape index (κ1) is 13.7. The molecule has 0 radical (unpaired) electrons. The molecule has 4 nitrogen and oxygen atoms in total. The second kappa shape index (κ2) is 5.51. The van der Waals surface area contributed by atoms with Crippen molar-refractivity contribution in [3.05, 3.63) is 23.8 Å². The molecule has 4 heteroatoms. The van der Waals surface area contributed by atoms with Crippen LogP contribution in [0.2, 0.25) is 0 Å². The molecule has 1 aliphatic rings. The first-order chi connectivity index (χ1) is 9.03. The molecule has 0 saturated heterocycles. The average molecular weight is 263 g/mol. The van der Waals surface area contributed by atoms with Crippen LogP contribution in [0.15, 0.2) is 18.2 Å². The number of aryl methyl sites for hydroxylation is 1. The van der Waals surface area contributed by atoms with E-state index in [1.54, 1.807) is 0 Å². The van der Waals surface area contributed by atoms with Crippen LogP contribution in [0.25, 0.3) is 0 Å². The summed E-state index contributed by atoms with van der Waals surface area (Å²) >= 11 is 0. The Kier molecular flexibility index (Phi) is 3.98. The summed E-state index contributed by atoms with van der Waals surface area (Å²) in [6.07, 6.45) is 2.11. The van der Waals surface area contributed by atoms with Gasteiger partial charge in [-0.15, -0.1) is 0 Å². The summed E-state index contributed by atoms with van der Waals surface area (Å²) in [6, 6.07) is 6.07. The lowest BCUT2D eigenvalue weighted by molar-refractivity contribution is -0.149. The van der Waals surface area contributed by atoms with E-state index in [0.29, 0.717) is 6.54 Å². The number of hydrogen-bond donors (Lipinski definition) is 1. The van der Waals surface area contributed by atoms with Crippen LogP contribution < -0.4 is 10.1 Å². The minimum atomic E-state index is -0.541. The maximum Gasteiger partial charge on any atom is 0.313 e. The first-order valence-electron chi connectivity index (χ1n) is 6.61. The summed E-state index contributed by atoms with van der Waals surface area (Å²) in [6.45, 7) is 5.08. The van der Waals surface area contributed by atoms with E-state index in [9.17, 15) is 4.79 Å². The third kappa shape index (κ3) is 3.19.